The van der Waals surface area contributed by atoms with Crippen LogP contribution in [0.3, 0.4) is 0 Å². The fraction of sp³-hybridized carbons (Fsp3) is 0.462. The molecule has 5 nitrogen and oxygen atoms in total. The van der Waals surface area contributed by atoms with Gasteiger partial charge in [0, 0.05) is 23.1 Å². The molecule has 1 aromatic carbocycles. The third kappa shape index (κ3) is 3.53. The lowest BCUT2D eigenvalue weighted by Gasteiger charge is -2.10. The van der Waals surface area contributed by atoms with Crippen molar-refractivity contribution in [3.63, 3.8) is 0 Å². The van der Waals surface area contributed by atoms with Gasteiger partial charge in [-0.25, -0.2) is 13.1 Å². The number of nitrogens with one attached hydrogen (secondary N) is 2. The standard InChI is InChI=1S/C13H18N2O3S2/c1-3-6-14-20(17,18)10-4-5-12-11(8-10)15-13(16)7-9(2)19-12/h4-5,8-9,14H,3,6-7H2,1-2H3,(H,15,16)/t9-/m0/s1. The van der Waals surface area contributed by atoms with Gasteiger partial charge in [0.05, 0.1) is 10.6 Å². The number of rotatable bonds is 4. The molecular weight excluding hydrogens is 296 g/mol. The van der Waals surface area contributed by atoms with E-state index < -0.39 is 10.0 Å². The molecule has 1 aliphatic heterocycles. The molecule has 2 N–H and O–H groups in total. The lowest BCUT2D eigenvalue weighted by molar-refractivity contribution is -0.116. The molecule has 0 fully saturated rings. The van der Waals surface area contributed by atoms with Gasteiger partial charge in [-0.2, -0.15) is 0 Å². The maximum Gasteiger partial charge on any atom is 0.240 e. The molecule has 110 valence electrons. The van der Waals surface area contributed by atoms with E-state index in [2.05, 4.69) is 10.0 Å². The van der Waals surface area contributed by atoms with Crippen LogP contribution in [-0.2, 0) is 14.8 Å². The van der Waals surface area contributed by atoms with Gasteiger partial charge in [-0.1, -0.05) is 13.8 Å². The van der Waals surface area contributed by atoms with Crippen molar-refractivity contribution in [2.75, 3.05) is 11.9 Å². The summed E-state index contributed by atoms with van der Waals surface area (Å²) in [5.74, 6) is -0.0835. The Morgan fingerprint density at radius 2 is 2.20 bits per heavy atom. The molecule has 0 spiro atoms. The highest BCUT2D eigenvalue weighted by Gasteiger charge is 2.21. The van der Waals surface area contributed by atoms with Crippen LogP contribution in [0, 0.1) is 0 Å². The molecule has 1 amide bonds. The van der Waals surface area contributed by atoms with Gasteiger partial charge in [0.15, 0.2) is 0 Å². The number of hydrogen-bond acceptors (Lipinski definition) is 4. The normalized spacial score (nSPS) is 19.1. The minimum atomic E-state index is -3.51. The van der Waals surface area contributed by atoms with Gasteiger partial charge in [0.25, 0.3) is 0 Å². The van der Waals surface area contributed by atoms with Crippen LogP contribution in [0.15, 0.2) is 28.0 Å². The van der Waals surface area contributed by atoms with Gasteiger partial charge >= 0.3 is 0 Å². The number of benzene rings is 1. The lowest BCUT2D eigenvalue weighted by atomic mass is 10.3. The van der Waals surface area contributed by atoms with E-state index in [1.807, 2.05) is 13.8 Å². The molecule has 2 rings (SSSR count). The molecule has 1 aromatic rings. The van der Waals surface area contributed by atoms with Gasteiger partial charge in [-0.15, -0.1) is 11.8 Å². The number of anilines is 1. The van der Waals surface area contributed by atoms with Crippen LogP contribution < -0.4 is 10.0 Å². The third-order valence-corrected chi connectivity index (χ3v) is 5.52. The number of carbonyl (C=O) groups is 1. The number of sulfonamides is 1. The van der Waals surface area contributed by atoms with E-state index in [-0.39, 0.29) is 16.1 Å². The van der Waals surface area contributed by atoms with Gasteiger partial charge in [0.1, 0.15) is 0 Å². The van der Waals surface area contributed by atoms with Crippen molar-refractivity contribution in [3.05, 3.63) is 18.2 Å². The van der Waals surface area contributed by atoms with Gasteiger partial charge in [-0.3, -0.25) is 4.79 Å². The highest BCUT2D eigenvalue weighted by atomic mass is 32.2. The summed E-state index contributed by atoms with van der Waals surface area (Å²) >= 11 is 1.58. The molecule has 0 bridgehead atoms. The Bertz CT molecular complexity index is 614. The fourth-order valence-corrected chi connectivity index (χ4v) is 4.13. The topological polar surface area (TPSA) is 75.3 Å². The highest BCUT2D eigenvalue weighted by molar-refractivity contribution is 8.00. The summed E-state index contributed by atoms with van der Waals surface area (Å²) in [7, 11) is -3.51. The lowest BCUT2D eigenvalue weighted by Crippen LogP contribution is -2.24. The molecule has 1 heterocycles. The van der Waals surface area contributed by atoms with Crippen LogP contribution in [0.25, 0.3) is 0 Å². The first-order valence-corrected chi connectivity index (χ1v) is 8.89. The first-order valence-electron chi connectivity index (χ1n) is 6.52. The molecule has 0 radical (unpaired) electrons. The van der Waals surface area contributed by atoms with Crippen molar-refractivity contribution in [1.82, 2.24) is 4.72 Å². The van der Waals surface area contributed by atoms with E-state index in [1.165, 1.54) is 6.07 Å². The monoisotopic (exact) mass is 314 g/mol. The van der Waals surface area contributed by atoms with Crippen LogP contribution in [0.1, 0.15) is 26.7 Å². The Labute approximate surface area is 123 Å². The van der Waals surface area contributed by atoms with E-state index in [9.17, 15) is 13.2 Å². The number of hydrogen-bond donors (Lipinski definition) is 2. The van der Waals surface area contributed by atoms with E-state index in [4.69, 9.17) is 0 Å². The van der Waals surface area contributed by atoms with Crippen molar-refractivity contribution >= 4 is 33.4 Å². The Hall–Kier alpha value is -1.05. The van der Waals surface area contributed by atoms with Crippen molar-refractivity contribution in [2.45, 2.75) is 41.7 Å². The zero-order valence-electron chi connectivity index (χ0n) is 11.5. The molecule has 1 atom stereocenters. The molecular formula is C13H18N2O3S2. The van der Waals surface area contributed by atoms with Crippen LogP contribution >= 0.6 is 11.8 Å². The average molecular weight is 314 g/mol. The summed E-state index contributed by atoms with van der Waals surface area (Å²) in [5, 5.41) is 2.95. The zero-order chi connectivity index (χ0) is 14.8. The summed E-state index contributed by atoms with van der Waals surface area (Å²) in [6.45, 7) is 4.28. The number of carbonyl (C=O) groups excluding carboxylic acids is 1. The second-order valence-corrected chi connectivity index (χ2v) is 7.98. The Balaban J connectivity index is 2.34. The van der Waals surface area contributed by atoms with Crippen LogP contribution in [0.5, 0.6) is 0 Å². The summed E-state index contributed by atoms with van der Waals surface area (Å²) < 4.78 is 26.7. The van der Waals surface area contributed by atoms with Crippen molar-refractivity contribution in [2.24, 2.45) is 0 Å². The molecule has 0 saturated heterocycles. The number of thioether (sulfide) groups is 1. The number of amides is 1. The van der Waals surface area contributed by atoms with E-state index in [1.54, 1.807) is 23.9 Å². The van der Waals surface area contributed by atoms with E-state index in [0.717, 1.165) is 11.3 Å². The van der Waals surface area contributed by atoms with Crippen LogP contribution in [0.4, 0.5) is 5.69 Å². The van der Waals surface area contributed by atoms with Gasteiger partial charge in [0.2, 0.25) is 15.9 Å². The zero-order valence-corrected chi connectivity index (χ0v) is 13.1. The maximum absolute atomic E-state index is 12.1. The minimum Gasteiger partial charge on any atom is -0.325 e. The maximum atomic E-state index is 12.1. The number of fused-ring (bicyclic) bond motifs is 1. The van der Waals surface area contributed by atoms with Crippen molar-refractivity contribution in [3.8, 4) is 0 Å². The first-order chi connectivity index (χ1) is 9.42. The van der Waals surface area contributed by atoms with Gasteiger partial charge < -0.3 is 5.32 Å². The van der Waals surface area contributed by atoms with E-state index in [0.29, 0.717) is 18.7 Å². The molecule has 0 saturated carbocycles. The molecule has 20 heavy (non-hydrogen) atoms. The summed E-state index contributed by atoms with van der Waals surface area (Å²) in [6, 6.07) is 4.85. The van der Waals surface area contributed by atoms with Crippen molar-refractivity contribution < 1.29 is 13.2 Å². The second-order valence-electron chi connectivity index (χ2n) is 4.74. The molecule has 0 aliphatic carbocycles. The Morgan fingerprint density at radius 3 is 2.90 bits per heavy atom. The fourth-order valence-electron chi connectivity index (χ4n) is 1.92. The van der Waals surface area contributed by atoms with Gasteiger partial charge in [-0.05, 0) is 24.6 Å². The Morgan fingerprint density at radius 1 is 1.45 bits per heavy atom. The minimum absolute atomic E-state index is 0.0835. The molecule has 0 unspecified atom stereocenters. The SMILES string of the molecule is CCCNS(=O)(=O)c1ccc2c(c1)NC(=O)C[C@H](C)S2. The second kappa shape index (κ2) is 6.15. The predicted molar refractivity (Wildman–Crippen MR) is 80.5 cm³/mol. The highest BCUT2D eigenvalue weighted by Crippen LogP contribution is 2.36. The molecule has 1 aliphatic rings. The van der Waals surface area contributed by atoms with Crippen LogP contribution in [-0.4, -0.2) is 26.1 Å². The predicted octanol–water partition coefficient (Wildman–Crippen LogP) is 2.20. The smallest absolute Gasteiger partial charge is 0.240 e. The average Bonchev–Trinajstić information content (AvgIpc) is 2.51. The molecule has 7 heteroatoms. The third-order valence-electron chi connectivity index (χ3n) is 2.88. The van der Waals surface area contributed by atoms with Crippen LogP contribution in [0.2, 0.25) is 0 Å². The summed E-state index contributed by atoms with van der Waals surface area (Å²) in [5.41, 5.74) is 0.573. The largest absolute Gasteiger partial charge is 0.325 e. The first kappa shape index (κ1) is 15.3. The quantitative estimate of drug-likeness (QED) is 0.893. The summed E-state index contributed by atoms with van der Waals surface area (Å²) in [6.07, 6.45) is 1.16. The Kier molecular flexibility index (Phi) is 4.72. The summed E-state index contributed by atoms with van der Waals surface area (Å²) in [4.78, 5) is 12.8. The molecule has 0 aromatic heterocycles. The van der Waals surface area contributed by atoms with E-state index >= 15 is 0 Å². The van der Waals surface area contributed by atoms with Crippen molar-refractivity contribution in [1.29, 1.82) is 0 Å².